The summed E-state index contributed by atoms with van der Waals surface area (Å²) in [6.45, 7) is 2.25. The molecule has 4 aromatic carbocycles. The number of aromatic nitrogens is 1. The fraction of sp³-hybridized carbons (Fsp3) is 0.114. The number of aryl methyl sites for hydroxylation is 2. The molecule has 0 N–H and O–H groups in total. The third-order valence-electron chi connectivity index (χ3n) is 8.50. The van der Waals surface area contributed by atoms with E-state index in [2.05, 4.69) is 139 Å². The zero-order chi connectivity index (χ0) is 24.7. The topological polar surface area (TPSA) is 7.12 Å². The molecule has 2 aliphatic heterocycles. The lowest BCUT2D eigenvalue weighted by atomic mass is 9.82. The minimum atomic E-state index is 0.157. The molecule has 2 heteroatoms. The second-order valence-corrected chi connectivity index (χ2v) is 10.5. The maximum atomic E-state index is 2.65. The molecule has 3 aliphatic rings. The molecule has 0 amide bonds. The van der Waals surface area contributed by atoms with Crippen LogP contribution in [0, 0.1) is 6.92 Å². The SMILES string of the molecule is Cc1cccc2c1-c1c3c4c(ccc3cc[n+]1C)-c1ccccc1-c1ccccc1C1C=CC=CC1N24. The largest absolute Gasteiger partial charge is 0.332 e. The fourth-order valence-electron chi connectivity index (χ4n) is 6.91. The molecule has 0 spiro atoms. The van der Waals surface area contributed by atoms with Crippen LogP contribution >= 0.6 is 0 Å². The summed E-state index contributed by atoms with van der Waals surface area (Å²) in [5.41, 5.74) is 13.1. The lowest BCUT2D eigenvalue weighted by Crippen LogP contribution is -2.40. The Morgan fingerprint density at radius 2 is 1.46 bits per heavy atom. The van der Waals surface area contributed by atoms with Crippen molar-refractivity contribution in [2.45, 2.75) is 18.9 Å². The summed E-state index contributed by atoms with van der Waals surface area (Å²) in [6, 6.07) is 31.8. The van der Waals surface area contributed by atoms with Gasteiger partial charge in [-0.2, -0.15) is 0 Å². The van der Waals surface area contributed by atoms with Crippen LogP contribution in [0.3, 0.4) is 0 Å². The minimum absolute atomic E-state index is 0.157. The summed E-state index contributed by atoms with van der Waals surface area (Å²) in [4.78, 5) is 2.65. The first-order chi connectivity index (χ1) is 18.2. The monoisotopic (exact) mass is 475 g/mol. The van der Waals surface area contributed by atoms with Crippen molar-refractivity contribution < 1.29 is 4.57 Å². The summed E-state index contributed by atoms with van der Waals surface area (Å²) < 4.78 is 2.31. The second kappa shape index (κ2) is 7.54. The molecule has 0 saturated heterocycles. The van der Waals surface area contributed by atoms with Crippen molar-refractivity contribution in [1.82, 2.24) is 0 Å². The molecule has 0 radical (unpaired) electrons. The van der Waals surface area contributed by atoms with E-state index in [1.165, 1.54) is 66.8 Å². The zero-order valence-corrected chi connectivity index (χ0v) is 21.0. The molecular weight excluding hydrogens is 448 g/mol. The van der Waals surface area contributed by atoms with Crippen LogP contribution < -0.4 is 9.47 Å². The molecular formula is C35H27N2+. The smallest absolute Gasteiger partial charge is 0.224 e. The molecule has 0 fully saturated rings. The number of hydrogen-bond acceptors (Lipinski definition) is 1. The predicted molar refractivity (Wildman–Crippen MR) is 153 cm³/mol. The van der Waals surface area contributed by atoms with Gasteiger partial charge in [0.1, 0.15) is 7.05 Å². The number of hydrogen-bond donors (Lipinski definition) is 0. The summed E-state index contributed by atoms with van der Waals surface area (Å²) >= 11 is 0. The Morgan fingerprint density at radius 3 is 2.32 bits per heavy atom. The van der Waals surface area contributed by atoms with E-state index in [0.717, 1.165) is 0 Å². The highest BCUT2D eigenvalue weighted by Crippen LogP contribution is 2.56. The molecule has 2 atom stereocenters. The molecule has 37 heavy (non-hydrogen) atoms. The average Bonchev–Trinajstić information content (AvgIpc) is 2.98. The number of fused-ring (bicyclic) bond motifs is 10. The summed E-state index contributed by atoms with van der Waals surface area (Å²) in [6.07, 6.45) is 11.5. The van der Waals surface area contributed by atoms with Gasteiger partial charge in [0.05, 0.1) is 28.4 Å². The van der Waals surface area contributed by atoms with Gasteiger partial charge in [-0.05, 0) is 46.2 Å². The van der Waals surface area contributed by atoms with E-state index >= 15 is 0 Å². The van der Waals surface area contributed by atoms with E-state index in [1.807, 2.05) is 0 Å². The van der Waals surface area contributed by atoms with Crippen molar-refractivity contribution in [2.75, 3.05) is 4.90 Å². The van der Waals surface area contributed by atoms with Crippen molar-refractivity contribution >= 4 is 22.1 Å². The van der Waals surface area contributed by atoms with Gasteiger partial charge in [0.25, 0.3) is 0 Å². The number of anilines is 2. The zero-order valence-electron chi connectivity index (χ0n) is 21.0. The standard InChI is InChI=1S/C35H27N2/c1-22-10-9-17-31-32(22)35-33-23(20-21-36(35)2)18-19-29-27-14-6-4-12-25(27)24-11-3-5-13-26(24)28-15-7-8-16-30(28)37(31)34(29)33/h3-21,28,30H,1-2H3/q+1. The van der Waals surface area contributed by atoms with Crippen LogP contribution in [0.25, 0.3) is 44.3 Å². The second-order valence-electron chi connectivity index (χ2n) is 10.5. The predicted octanol–water partition coefficient (Wildman–Crippen LogP) is 8.02. The van der Waals surface area contributed by atoms with E-state index in [-0.39, 0.29) is 12.0 Å². The average molecular weight is 476 g/mol. The van der Waals surface area contributed by atoms with E-state index in [4.69, 9.17) is 0 Å². The molecule has 8 rings (SSSR count). The van der Waals surface area contributed by atoms with Crippen LogP contribution in [-0.4, -0.2) is 6.04 Å². The van der Waals surface area contributed by atoms with Crippen molar-refractivity contribution in [3.05, 3.63) is 127 Å². The first-order valence-electron chi connectivity index (χ1n) is 13.1. The molecule has 3 heterocycles. The Kier molecular flexibility index (Phi) is 4.22. The van der Waals surface area contributed by atoms with Gasteiger partial charge in [-0.25, -0.2) is 4.57 Å². The van der Waals surface area contributed by atoms with Crippen LogP contribution in [0.15, 0.2) is 115 Å². The number of benzene rings is 4. The van der Waals surface area contributed by atoms with Crippen molar-refractivity contribution in [3.8, 4) is 33.5 Å². The van der Waals surface area contributed by atoms with Crippen LogP contribution in [0.1, 0.15) is 17.0 Å². The van der Waals surface area contributed by atoms with Gasteiger partial charge in [0.15, 0.2) is 6.20 Å². The molecule has 2 nitrogen and oxygen atoms in total. The highest BCUT2D eigenvalue weighted by atomic mass is 15.2. The van der Waals surface area contributed by atoms with Crippen molar-refractivity contribution in [3.63, 3.8) is 0 Å². The number of rotatable bonds is 0. The quantitative estimate of drug-likeness (QED) is 0.206. The molecule has 1 aromatic heterocycles. The lowest BCUT2D eigenvalue weighted by molar-refractivity contribution is -0.659. The Bertz CT molecular complexity index is 1820. The van der Waals surface area contributed by atoms with E-state index in [9.17, 15) is 0 Å². The highest BCUT2D eigenvalue weighted by Gasteiger charge is 2.40. The Hall–Kier alpha value is -4.43. The summed E-state index contributed by atoms with van der Waals surface area (Å²) in [5.74, 6) is 0.225. The van der Waals surface area contributed by atoms with Crippen LogP contribution in [0.2, 0.25) is 0 Å². The molecule has 0 bridgehead atoms. The maximum absolute atomic E-state index is 2.65. The van der Waals surface area contributed by atoms with Gasteiger partial charge in [-0.1, -0.05) is 97.1 Å². The van der Waals surface area contributed by atoms with E-state index in [0.29, 0.717) is 0 Å². The van der Waals surface area contributed by atoms with Crippen LogP contribution in [-0.2, 0) is 7.05 Å². The Morgan fingerprint density at radius 1 is 0.703 bits per heavy atom. The van der Waals surface area contributed by atoms with Crippen LogP contribution in [0.4, 0.5) is 11.4 Å². The lowest BCUT2D eigenvalue weighted by Gasteiger charge is -2.41. The van der Waals surface area contributed by atoms with Gasteiger partial charge >= 0.3 is 0 Å². The molecule has 5 aromatic rings. The first-order valence-corrected chi connectivity index (χ1v) is 13.1. The third-order valence-corrected chi connectivity index (χ3v) is 8.50. The summed E-state index contributed by atoms with van der Waals surface area (Å²) in [5, 5.41) is 2.62. The van der Waals surface area contributed by atoms with Gasteiger partial charge in [-0.15, -0.1) is 0 Å². The number of allylic oxidation sites excluding steroid dienone is 2. The summed E-state index contributed by atoms with van der Waals surface area (Å²) in [7, 11) is 2.19. The third kappa shape index (κ3) is 2.73. The van der Waals surface area contributed by atoms with Crippen molar-refractivity contribution in [2.24, 2.45) is 7.05 Å². The Balaban J connectivity index is 1.63. The van der Waals surface area contributed by atoms with Gasteiger partial charge in [0, 0.05) is 17.5 Å². The normalized spacial score (nSPS) is 18.3. The molecule has 2 unspecified atom stereocenters. The minimum Gasteiger partial charge on any atom is -0.332 e. The van der Waals surface area contributed by atoms with Gasteiger partial charge in [-0.3, -0.25) is 0 Å². The molecule has 0 saturated carbocycles. The van der Waals surface area contributed by atoms with Gasteiger partial charge in [0.2, 0.25) is 5.69 Å². The van der Waals surface area contributed by atoms with Crippen LogP contribution in [0.5, 0.6) is 0 Å². The number of pyridine rings is 1. The van der Waals surface area contributed by atoms with E-state index < -0.39 is 0 Å². The fourth-order valence-corrected chi connectivity index (χ4v) is 6.91. The van der Waals surface area contributed by atoms with Gasteiger partial charge < -0.3 is 4.90 Å². The highest BCUT2D eigenvalue weighted by molar-refractivity contribution is 6.15. The Labute approximate surface area is 217 Å². The first kappa shape index (κ1) is 20.7. The van der Waals surface area contributed by atoms with E-state index in [1.54, 1.807) is 0 Å². The molecule has 176 valence electrons. The number of nitrogens with zero attached hydrogens (tertiary/aromatic N) is 2. The van der Waals surface area contributed by atoms with Crippen molar-refractivity contribution in [1.29, 1.82) is 0 Å². The maximum Gasteiger partial charge on any atom is 0.224 e. The molecule has 1 aliphatic carbocycles.